The Bertz CT molecular complexity index is 976. The average molecular weight is 362 g/mol. The predicted octanol–water partition coefficient (Wildman–Crippen LogP) is 4.31. The fourth-order valence-electron chi connectivity index (χ4n) is 2.91. The number of carbonyl (C=O) groups is 1. The van der Waals surface area contributed by atoms with E-state index in [0.717, 1.165) is 40.9 Å². The summed E-state index contributed by atoms with van der Waals surface area (Å²) in [6.45, 7) is 4.45. The smallest absolute Gasteiger partial charge is 0.246 e. The third-order valence-corrected chi connectivity index (χ3v) is 4.74. The van der Waals surface area contributed by atoms with Crippen molar-refractivity contribution in [2.45, 2.75) is 33.2 Å². The van der Waals surface area contributed by atoms with Crippen LogP contribution in [0.15, 0.2) is 47.0 Å². The molecule has 0 unspecified atom stereocenters. The van der Waals surface area contributed by atoms with Crippen molar-refractivity contribution in [2.24, 2.45) is 5.92 Å². The van der Waals surface area contributed by atoms with Gasteiger partial charge in [0.25, 0.3) is 0 Å². The van der Waals surface area contributed by atoms with Gasteiger partial charge in [-0.05, 0) is 49.9 Å². The molecule has 4 rings (SSSR count). The fraction of sp³-hybridized carbons (Fsp3) is 0.286. The van der Waals surface area contributed by atoms with Crippen LogP contribution in [-0.4, -0.2) is 16.0 Å². The van der Waals surface area contributed by atoms with Gasteiger partial charge in [0.15, 0.2) is 0 Å². The number of carbonyl (C=O) groups excluding carboxylic acids is 1. The first-order valence-electron chi connectivity index (χ1n) is 9.14. The lowest BCUT2D eigenvalue weighted by Gasteiger charge is -2.11. The van der Waals surface area contributed by atoms with Crippen LogP contribution in [0.3, 0.4) is 0 Å². The maximum Gasteiger partial charge on any atom is 0.246 e. The van der Waals surface area contributed by atoms with Gasteiger partial charge in [0.1, 0.15) is 0 Å². The summed E-state index contributed by atoms with van der Waals surface area (Å²) in [7, 11) is 0. The summed E-state index contributed by atoms with van der Waals surface area (Å²) in [5.74, 6) is 1.39. The van der Waals surface area contributed by atoms with E-state index in [9.17, 15) is 4.79 Å². The summed E-state index contributed by atoms with van der Waals surface area (Å²) in [6, 6.07) is 13.8. The molecule has 3 aromatic rings. The highest BCUT2D eigenvalue weighted by Crippen LogP contribution is 2.31. The molecule has 0 atom stereocenters. The van der Waals surface area contributed by atoms with Gasteiger partial charge in [-0.3, -0.25) is 4.79 Å². The molecule has 1 aromatic heterocycles. The summed E-state index contributed by atoms with van der Waals surface area (Å²) in [4.78, 5) is 16.4. The third-order valence-electron chi connectivity index (χ3n) is 4.74. The molecule has 1 amide bonds. The molecule has 1 saturated carbocycles. The van der Waals surface area contributed by atoms with Gasteiger partial charge in [-0.15, -0.1) is 0 Å². The second-order valence-electron chi connectivity index (χ2n) is 6.97. The van der Waals surface area contributed by atoms with E-state index in [-0.39, 0.29) is 11.8 Å². The van der Waals surface area contributed by atoms with E-state index in [1.165, 1.54) is 0 Å². The lowest BCUT2D eigenvalue weighted by molar-refractivity contribution is -0.117. The number of hydrogen-bond donors (Lipinski definition) is 2. The lowest BCUT2D eigenvalue weighted by Crippen LogP contribution is -2.13. The molecule has 2 N–H and O–H groups in total. The number of amides is 1. The first-order chi connectivity index (χ1) is 13.1. The molecular formula is C21H22N4O2. The number of rotatable bonds is 6. The van der Waals surface area contributed by atoms with Gasteiger partial charge in [-0.25, -0.2) is 0 Å². The fourth-order valence-corrected chi connectivity index (χ4v) is 2.91. The number of hydrogen-bond acceptors (Lipinski definition) is 5. The molecule has 0 bridgehead atoms. The van der Waals surface area contributed by atoms with Gasteiger partial charge in [0, 0.05) is 22.9 Å². The Morgan fingerprint density at radius 3 is 2.74 bits per heavy atom. The van der Waals surface area contributed by atoms with Crippen LogP contribution < -0.4 is 10.6 Å². The maximum atomic E-state index is 12.0. The number of aromatic nitrogens is 2. The summed E-state index contributed by atoms with van der Waals surface area (Å²) < 4.78 is 5.38. The largest absolute Gasteiger partial charge is 0.376 e. The van der Waals surface area contributed by atoms with Crippen LogP contribution in [0, 0.1) is 19.8 Å². The second-order valence-corrected chi connectivity index (χ2v) is 6.97. The number of aryl methyl sites for hydroxylation is 2. The Morgan fingerprint density at radius 2 is 1.96 bits per heavy atom. The molecule has 6 nitrogen and oxygen atoms in total. The van der Waals surface area contributed by atoms with Crippen LogP contribution in [-0.2, 0) is 11.3 Å². The van der Waals surface area contributed by atoms with Crippen LogP contribution in [0.1, 0.15) is 29.9 Å². The van der Waals surface area contributed by atoms with Crippen molar-refractivity contribution in [1.29, 1.82) is 0 Å². The summed E-state index contributed by atoms with van der Waals surface area (Å²) in [6.07, 6.45) is 1.98. The Morgan fingerprint density at radius 1 is 1.15 bits per heavy atom. The van der Waals surface area contributed by atoms with Crippen molar-refractivity contribution in [2.75, 3.05) is 10.6 Å². The van der Waals surface area contributed by atoms with Crippen molar-refractivity contribution in [3.63, 3.8) is 0 Å². The maximum absolute atomic E-state index is 12.0. The summed E-state index contributed by atoms with van der Waals surface area (Å²) in [5, 5.41) is 10.4. The predicted molar refractivity (Wildman–Crippen MR) is 104 cm³/mol. The Labute approximate surface area is 158 Å². The molecule has 0 radical (unpaired) electrons. The van der Waals surface area contributed by atoms with E-state index >= 15 is 0 Å². The number of benzene rings is 2. The van der Waals surface area contributed by atoms with Crippen LogP contribution in [0.4, 0.5) is 11.4 Å². The number of nitrogens with zero attached hydrogens (tertiary/aromatic N) is 2. The quantitative estimate of drug-likeness (QED) is 0.683. The second kappa shape index (κ2) is 7.23. The minimum atomic E-state index is 0.101. The van der Waals surface area contributed by atoms with Crippen molar-refractivity contribution >= 4 is 17.3 Å². The normalized spacial score (nSPS) is 13.4. The van der Waals surface area contributed by atoms with Gasteiger partial charge in [0.2, 0.25) is 17.6 Å². The molecule has 0 saturated heterocycles. The van der Waals surface area contributed by atoms with Crippen molar-refractivity contribution < 1.29 is 9.32 Å². The first-order valence-corrected chi connectivity index (χ1v) is 9.14. The lowest BCUT2D eigenvalue weighted by atomic mass is 10.1. The number of nitrogens with one attached hydrogen (secondary N) is 2. The zero-order valence-corrected chi connectivity index (χ0v) is 15.5. The highest BCUT2D eigenvalue weighted by molar-refractivity contribution is 5.94. The van der Waals surface area contributed by atoms with Crippen molar-refractivity contribution in [3.05, 3.63) is 59.5 Å². The topological polar surface area (TPSA) is 80.0 Å². The van der Waals surface area contributed by atoms with Crippen LogP contribution >= 0.6 is 0 Å². The standard InChI is InChI=1S/C21H22N4O2/c1-13-5-3-4-6-17(13)20-24-19(27-25-20)12-22-18-11-16(10-7-14(18)2)23-21(26)15-8-9-15/h3-7,10-11,15,22H,8-9,12H2,1-2H3,(H,23,26). The van der Waals surface area contributed by atoms with E-state index in [0.29, 0.717) is 18.3 Å². The molecule has 0 aliphatic heterocycles. The van der Waals surface area contributed by atoms with E-state index < -0.39 is 0 Å². The number of anilines is 2. The molecule has 2 aromatic carbocycles. The molecule has 1 aliphatic rings. The summed E-state index contributed by atoms with van der Waals surface area (Å²) in [5.41, 5.74) is 4.88. The van der Waals surface area contributed by atoms with Crippen LogP contribution in [0.5, 0.6) is 0 Å². The zero-order chi connectivity index (χ0) is 18.8. The molecule has 27 heavy (non-hydrogen) atoms. The average Bonchev–Trinajstić information content (AvgIpc) is 3.42. The van der Waals surface area contributed by atoms with Crippen LogP contribution in [0.2, 0.25) is 0 Å². The highest BCUT2D eigenvalue weighted by atomic mass is 16.5. The summed E-state index contributed by atoms with van der Waals surface area (Å²) >= 11 is 0. The van der Waals surface area contributed by atoms with Gasteiger partial charge in [-0.2, -0.15) is 4.98 Å². The van der Waals surface area contributed by atoms with Crippen LogP contribution in [0.25, 0.3) is 11.4 Å². The van der Waals surface area contributed by atoms with E-state index in [1.807, 2.05) is 56.3 Å². The van der Waals surface area contributed by atoms with E-state index in [2.05, 4.69) is 20.8 Å². The molecule has 1 fully saturated rings. The van der Waals surface area contributed by atoms with Gasteiger partial charge >= 0.3 is 0 Å². The third kappa shape index (κ3) is 4.00. The Kier molecular flexibility index (Phi) is 4.62. The minimum Gasteiger partial charge on any atom is -0.376 e. The first kappa shape index (κ1) is 17.3. The Hall–Kier alpha value is -3.15. The van der Waals surface area contributed by atoms with E-state index in [1.54, 1.807) is 0 Å². The van der Waals surface area contributed by atoms with Gasteiger partial charge in [0.05, 0.1) is 6.54 Å². The molecular weight excluding hydrogens is 340 g/mol. The van der Waals surface area contributed by atoms with Crippen molar-refractivity contribution in [3.8, 4) is 11.4 Å². The molecule has 1 heterocycles. The SMILES string of the molecule is Cc1ccc(NC(=O)C2CC2)cc1NCc1nc(-c2ccccc2C)no1. The highest BCUT2D eigenvalue weighted by Gasteiger charge is 2.29. The molecule has 6 heteroatoms. The van der Waals surface area contributed by atoms with Gasteiger partial charge < -0.3 is 15.2 Å². The molecule has 1 aliphatic carbocycles. The molecule has 138 valence electrons. The van der Waals surface area contributed by atoms with Crippen molar-refractivity contribution in [1.82, 2.24) is 10.1 Å². The minimum absolute atomic E-state index is 0.101. The van der Waals surface area contributed by atoms with Gasteiger partial charge in [-0.1, -0.05) is 35.5 Å². The van der Waals surface area contributed by atoms with E-state index in [4.69, 9.17) is 4.52 Å². The monoisotopic (exact) mass is 362 g/mol. The zero-order valence-electron chi connectivity index (χ0n) is 15.5. The Balaban J connectivity index is 1.44. The molecule has 0 spiro atoms.